The van der Waals surface area contributed by atoms with Crippen molar-refractivity contribution in [3.8, 4) is 0 Å². The van der Waals surface area contributed by atoms with Crippen molar-refractivity contribution in [2.24, 2.45) is 40.9 Å². The summed E-state index contributed by atoms with van der Waals surface area (Å²) in [6.07, 6.45) is 2.44. The van der Waals surface area contributed by atoms with Crippen LogP contribution < -0.4 is 0 Å². The topological polar surface area (TPSA) is 69.7 Å². The number of sulfone groups is 1. The van der Waals surface area contributed by atoms with E-state index in [1.54, 1.807) is 27.7 Å². The number of hydrogen-bond donors (Lipinski definition) is 0. The molecule has 0 aromatic carbocycles. The molecule has 0 atom stereocenters. The van der Waals surface area contributed by atoms with E-state index in [1.165, 1.54) is 6.42 Å². The number of hydrogen-bond acceptors (Lipinski definition) is 7. The molecule has 0 saturated heterocycles. The average molecular weight is 1040 g/mol. The van der Waals surface area contributed by atoms with Crippen molar-refractivity contribution < 1.29 is 22.1 Å². The zero-order valence-corrected chi connectivity index (χ0v) is 56.4. The van der Waals surface area contributed by atoms with Crippen molar-refractivity contribution in [2.45, 2.75) is 335 Å². The van der Waals surface area contributed by atoms with E-state index < -0.39 is 20.6 Å². The summed E-state index contributed by atoms with van der Waals surface area (Å²) >= 11 is 4.07. The monoisotopic (exact) mass is 1040 g/mol. The van der Waals surface area contributed by atoms with Crippen LogP contribution in [0.15, 0.2) is 0 Å². The van der Waals surface area contributed by atoms with Crippen LogP contribution in [-0.2, 0) is 30.1 Å². The summed E-state index contributed by atoms with van der Waals surface area (Å²) in [5, 5.41) is 2.48. The van der Waals surface area contributed by atoms with Crippen molar-refractivity contribution in [3.05, 3.63) is 0 Å². The van der Waals surface area contributed by atoms with Gasteiger partial charge in [0.05, 0.1) is 34.4 Å². The third-order valence-electron chi connectivity index (χ3n) is 11.1. The van der Waals surface area contributed by atoms with Gasteiger partial charge in [0.15, 0.2) is 9.84 Å². The first kappa shape index (κ1) is 84.5. The molecule has 0 heterocycles. The van der Waals surface area contributed by atoms with Crippen molar-refractivity contribution in [2.75, 3.05) is 0 Å². The third kappa shape index (κ3) is 62.8. The highest BCUT2D eigenvalue weighted by Crippen LogP contribution is 2.35. The van der Waals surface area contributed by atoms with E-state index in [1.807, 2.05) is 67.2 Å². The Bertz CT molecular complexity index is 1060. The van der Waals surface area contributed by atoms with Crippen LogP contribution in [0.3, 0.4) is 0 Å². The van der Waals surface area contributed by atoms with Crippen molar-refractivity contribution in [1.29, 1.82) is 0 Å². The Morgan fingerprint density at radius 2 is 0.731 bits per heavy atom. The van der Waals surface area contributed by atoms with Gasteiger partial charge in [0.2, 0.25) is 0 Å². The van der Waals surface area contributed by atoms with Gasteiger partial charge in [-0.2, -0.15) is 23.5 Å². The van der Waals surface area contributed by atoms with Crippen LogP contribution in [0.5, 0.6) is 0 Å². The van der Waals surface area contributed by atoms with Gasteiger partial charge in [0.1, 0.15) is 0 Å². The van der Waals surface area contributed by atoms with E-state index in [9.17, 15) is 12.6 Å². The first-order valence-corrected chi connectivity index (χ1v) is 31.4. The summed E-state index contributed by atoms with van der Waals surface area (Å²) in [5.41, 5.74) is 0.522. The molecule has 0 N–H and O–H groups in total. The average Bonchev–Trinajstić information content (AvgIpc) is 3.06. The highest BCUT2D eigenvalue weighted by molar-refractivity contribution is 8.01. The molecule has 0 aliphatic carbocycles. The van der Waals surface area contributed by atoms with Crippen LogP contribution in [0.25, 0.3) is 0 Å². The van der Waals surface area contributed by atoms with Crippen molar-refractivity contribution in [3.63, 3.8) is 0 Å². The minimum absolute atomic E-state index is 0.0220. The first-order valence-electron chi connectivity index (χ1n) is 26.7. The first-order chi connectivity index (χ1) is 29.4. The molecule has 0 spiro atoms. The quantitative estimate of drug-likeness (QED) is 0.135. The standard InChI is InChI=1S/C9H20O.C9H20S.C9H20.C7H16.C6H14O2S.C6H14OS.C6H14O.C6H14S/c2*1-7(2)9(5,6)10-8(3)4;1-7(2)9(5,6)8(3)4;1-6(2)5-7(3)4;1-5(2)9(7,8)6(3)4;1-5(2)8(7)6(3)4;2*1-5(2)7-6(3)4/h2*7-8H,1-6H3;7-8H,1-6H3;6-7H,5H2,1-4H3;5-6H,1-4H3;5-6H,1-4H3;2*5-6H,1-4H3. The van der Waals surface area contributed by atoms with Gasteiger partial charge < -0.3 is 9.47 Å². The highest BCUT2D eigenvalue weighted by Gasteiger charge is 2.26. The molecule has 418 valence electrons. The Hall–Kier alpha value is 0.720. The minimum atomic E-state index is -2.81. The fourth-order valence-electron chi connectivity index (χ4n) is 5.27. The second kappa shape index (κ2) is 44.2. The van der Waals surface area contributed by atoms with Gasteiger partial charge in [-0.3, -0.25) is 4.21 Å². The highest BCUT2D eigenvalue weighted by atomic mass is 32.2. The molecule has 0 rings (SSSR count). The Kier molecular flexibility index (Phi) is 55.8. The minimum Gasteiger partial charge on any atom is -0.376 e. The van der Waals surface area contributed by atoms with Gasteiger partial charge >= 0.3 is 0 Å². The lowest BCUT2D eigenvalue weighted by Gasteiger charge is -2.33. The molecular formula is C58H132O5S4. The lowest BCUT2D eigenvalue weighted by molar-refractivity contribution is -0.0835. The van der Waals surface area contributed by atoms with Crippen LogP contribution in [0.1, 0.15) is 270 Å². The summed E-state index contributed by atoms with van der Waals surface area (Å²) in [6, 6.07) is 0. The van der Waals surface area contributed by atoms with E-state index in [4.69, 9.17) is 9.47 Å². The van der Waals surface area contributed by atoms with E-state index in [0.717, 1.165) is 45.3 Å². The molecular weight excluding hydrogens is 905 g/mol. The van der Waals surface area contributed by atoms with Crippen LogP contribution in [0, 0.1) is 40.9 Å². The number of thioether (sulfide) groups is 2. The van der Waals surface area contributed by atoms with E-state index in [-0.39, 0.29) is 16.1 Å². The Morgan fingerprint density at radius 1 is 0.433 bits per heavy atom. The molecule has 0 unspecified atom stereocenters. The molecule has 0 aliphatic rings. The van der Waals surface area contributed by atoms with Crippen LogP contribution in [0.4, 0.5) is 0 Å². The largest absolute Gasteiger partial charge is 0.376 e. The molecule has 0 aromatic rings. The summed E-state index contributed by atoms with van der Waals surface area (Å²) < 4.78 is 44.4. The smallest absolute Gasteiger partial charge is 0.154 e. The fourth-order valence-corrected chi connectivity index (χ4v) is 10.0. The maximum atomic E-state index is 11.0. The molecule has 0 radical (unpaired) electrons. The molecule has 0 fully saturated rings. The van der Waals surface area contributed by atoms with E-state index >= 15 is 0 Å². The van der Waals surface area contributed by atoms with Crippen molar-refractivity contribution >= 4 is 44.2 Å². The summed E-state index contributed by atoms with van der Waals surface area (Å²) in [5.74, 6) is 4.67. The van der Waals surface area contributed by atoms with Gasteiger partial charge in [-0.15, -0.1) is 0 Å². The summed E-state index contributed by atoms with van der Waals surface area (Å²) in [7, 11) is -3.44. The van der Waals surface area contributed by atoms with Gasteiger partial charge in [0, 0.05) is 26.0 Å². The van der Waals surface area contributed by atoms with E-state index in [0.29, 0.717) is 44.9 Å². The summed E-state index contributed by atoms with van der Waals surface area (Å²) in [6.45, 7) is 81.2. The lowest BCUT2D eigenvalue weighted by Crippen LogP contribution is -2.33. The van der Waals surface area contributed by atoms with Crippen LogP contribution in [0.2, 0.25) is 0 Å². The predicted octanol–water partition coefficient (Wildman–Crippen LogP) is 19.5. The molecule has 0 bridgehead atoms. The molecule has 9 heteroatoms. The maximum Gasteiger partial charge on any atom is 0.154 e. The maximum absolute atomic E-state index is 11.0. The molecule has 5 nitrogen and oxygen atoms in total. The molecule has 0 aliphatic heterocycles. The lowest BCUT2D eigenvalue weighted by atomic mass is 9.72. The molecule has 0 aromatic heterocycles. The Morgan fingerprint density at radius 3 is 0.761 bits per heavy atom. The molecule has 67 heavy (non-hydrogen) atoms. The second-order valence-electron chi connectivity index (χ2n) is 24.6. The van der Waals surface area contributed by atoms with Gasteiger partial charge in [-0.1, -0.05) is 180 Å². The Balaban J connectivity index is -0.0000000993. The van der Waals surface area contributed by atoms with Gasteiger partial charge in [-0.25, -0.2) is 8.42 Å². The normalized spacial score (nSPS) is 12.4. The van der Waals surface area contributed by atoms with E-state index in [2.05, 4.69) is 192 Å². The SMILES string of the molecule is CC(C)C(C)(C)C(C)C.CC(C)CC(C)C.CC(C)OC(C)(C)C(C)C.CC(C)OC(C)C.CC(C)S(=O)(=O)C(C)C.CC(C)S(=O)C(C)C.CC(C)SC(C)(C)C(C)C.CC(C)SC(C)C. The molecule has 0 saturated carbocycles. The van der Waals surface area contributed by atoms with Crippen LogP contribution >= 0.6 is 23.5 Å². The fraction of sp³-hybridized carbons (Fsp3) is 1.00. The zero-order valence-electron chi connectivity index (χ0n) is 53.1. The van der Waals surface area contributed by atoms with Gasteiger partial charge in [-0.05, 0) is 146 Å². The predicted molar refractivity (Wildman–Crippen MR) is 321 cm³/mol. The zero-order chi connectivity index (χ0) is 56.4. The Labute approximate surface area is 439 Å². The number of ether oxygens (including phenoxy) is 2. The number of rotatable bonds is 18. The van der Waals surface area contributed by atoms with Crippen LogP contribution in [-0.4, -0.2) is 78.0 Å². The molecule has 0 amide bonds. The van der Waals surface area contributed by atoms with Crippen molar-refractivity contribution in [1.82, 2.24) is 0 Å². The van der Waals surface area contributed by atoms with Gasteiger partial charge in [0.25, 0.3) is 0 Å². The second-order valence-corrected chi connectivity index (χ2v) is 34.6. The third-order valence-corrected chi connectivity index (χ3v) is 18.2. The summed E-state index contributed by atoms with van der Waals surface area (Å²) in [4.78, 5) is 0.